The summed E-state index contributed by atoms with van der Waals surface area (Å²) in [6, 6.07) is 2.75. The first-order chi connectivity index (χ1) is 12.0. The number of piperazine rings is 1. The van der Waals surface area contributed by atoms with E-state index in [1.54, 1.807) is 17.0 Å². The van der Waals surface area contributed by atoms with Crippen LogP contribution in [0.4, 0.5) is 4.39 Å². The summed E-state index contributed by atoms with van der Waals surface area (Å²) in [6.45, 7) is 2.48. The molecule has 1 amide bonds. The van der Waals surface area contributed by atoms with Crippen molar-refractivity contribution >= 4 is 17.5 Å². The Labute approximate surface area is 149 Å². The van der Waals surface area contributed by atoms with Gasteiger partial charge in [0.1, 0.15) is 5.82 Å². The van der Waals surface area contributed by atoms with E-state index in [4.69, 9.17) is 11.6 Å². The van der Waals surface area contributed by atoms with E-state index in [1.165, 1.54) is 6.07 Å². The number of hydrogen-bond donors (Lipinski definition) is 2. The van der Waals surface area contributed by atoms with Gasteiger partial charge in [-0.25, -0.2) is 15.2 Å². The first-order valence-electron chi connectivity index (χ1n) is 8.03. The van der Waals surface area contributed by atoms with Crippen LogP contribution in [0.2, 0.25) is 5.02 Å². The Morgan fingerprint density at radius 2 is 2.08 bits per heavy atom. The fraction of sp³-hybridized carbons (Fsp3) is 0.533. The minimum Gasteiger partial charge on any atom is -0.338 e. The molecule has 0 radical (unpaired) electrons. The van der Waals surface area contributed by atoms with E-state index in [2.05, 4.69) is 10.9 Å². The molecule has 10 heteroatoms. The molecular formula is C15H19ClFN5O3. The first kappa shape index (κ1) is 18.0. The number of nitrogens with zero attached hydrogens (tertiary/aromatic N) is 3. The van der Waals surface area contributed by atoms with Gasteiger partial charge in [0.05, 0.1) is 6.54 Å². The van der Waals surface area contributed by atoms with Crippen molar-refractivity contribution in [3.8, 4) is 0 Å². The highest BCUT2D eigenvalue weighted by molar-refractivity contribution is 6.31. The number of benzene rings is 1. The second-order valence-electron chi connectivity index (χ2n) is 6.16. The summed E-state index contributed by atoms with van der Waals surface area (Å²) >= 11 is 6.05. The van der Waals surface area contributed by atoms with Crippen molar-refractivity contribution in [3.05, 3.63) is 44.7 Å². The van der Waals surface area contributed by atoms with Crippen LogP contribution in [0, 0.1) is 15.9 Å². The number of hydrogen-bond acceptors (Lipinski definition) is 6. The van der Waals surface area contributed by atoms with E-state index in [-0.39, 0.29) is 18.3 Å². The Kier molecular flexibility index (Phi) is 5.48. The molecule has 136 valence electrons. The number of amides is 1. The molecule has 1 aromatic rings. The van der Waals surface area contributed by atoms with Crippen LogP contribution in [0.1, 0.15) is 5.56 Å². The third kappa shape index (κ3) is 3.90. The van der Waals surface area contributed by atoms with Crippen LogP contribution in [0.15, 0.2) is 18.2 Å². The number of carbonyl (C=O) groups is 1. The molecule has 25 heavy (non-hydrogen) atoms. The highest BCUT2D eigenvalue weighted by Gasteiger charge is 2.43. The number of nitrogens with one attached hydrogen (secondary N) is 2. The maximum Gasteiger partial charge on any atom is 0.252 e. The van der Waals surface area contributed by atoms with Crippen molar-refractivity contribution in [1.29, 1.82) is 0 Å². The van der Waals surface area contributed by atoms with Crippen LogP contribution >= 0.6 is 11.6 Å². The normalized spacial score (nSPS) is 24.5. The molecule has 2 saturated heterocycles. The molecule has 2 aliphatic heterocycles. The molecule has 2 heterocycles. The van der Waals surface area contributed by atoms with Crippen molar-refractivity contribution in [2.75, 3.05) is 32.7 Å². The van der Waals surface area contributed by atoms with Gasteiger partial charge in [0, 0.05) is 48.2 Å². The van der Waals surface area contributed by atoms with E-state index < -0.39 is 17.0 Å². The monoisotopic (exact) mass is 371 g/mol. The van der Waals surface area contributed by atoms with Gasteiger partial charge in [-0.15, -0.1) is 0 Å². The molecule has 1 aromatic carbocycles. The summed E-state index contributed by atoms with van der Waals surface area (Å²) in [7, 11) is 0. The molecule has 0 aromatic heterocycles. The SMILES string of the molecule is O=C(C1NNCC1[N+](=O)[O-])N1CCN(Cc2c(F)cccc2Cl)CC1. The molecule has 0 spiro atoms. The Morgan fingerprint density at radius 3 is 2.72 bits per heavy atom. The van der Waals surface area contributed by atoms with Gasteiger partial charge >= 0.3 is 0 Å². The largest absolute Gasteiger partial charge is 0.338 e. The van der Waals surface area contributed by atoms with Gasteiger partial charge < -0.3 is 4.90 Å². The molecule has 2 fully saturated rings. The topological polar surface area (TPSA) is 90.7 Å². The lowest BCUT2D eigenvalue weighted by molar-refractivity contribution is -0.517. The summed E-state index contributed by atoms with van der Waals surface area (Å²) in [6.07, 6.45) is 0. The average molecular weight is 372 g/mol. The Hall–Kier alpha value is -1.81. The van der Waals surface area contributed by atoms with Gasteiger partial charge in [0.2, 0.25) is 5.91 Å². The van der Waals surface area contributed by atoms with E-state index >= 15 is 0 Å². The van der Waals surface area contributed by atoms with Gasteiger partial charge in [0.25, 0.3) is 6.04 Å². The minimum atomic E-state index is -0.970. The van der Waals surface area contributed by atoms with Crippen molar-refractivity contribution < 1.29 is 14.1 Å². The quantitative estimate of drug-likeness (QED) is 0.582. The minimum absolute atomic E-state index is 0.120. The number of hydrazine groups is 1. The first-order valence-corrected chi connectivity index (χ1v) is 8.41. The molecule has 2 atom stereocenters. The van der Waals surface area contributed by atoms with Crippen molar-refractivity contribution in [2.45, 2.75) is 18.6 Å². The molecule has 2 aliphatic rings. The second-order valence-corrected chi connectivity index (χ2v) is 6.56. The molecule has 3 rings (SSSR count). The Balaban J connectivity index is 1.57. The fourth-order valence-electron chi connectivity index (χ4n) is 3.14. The van der Waals surface area contributed by atoms with Gasteiger partial charge in [-0.2, -0.15) is 0 Å². The molecular weight excluding hydrogens is 353 g/mol. The summed E-state index contributed by atoms with van der Waals surface area (Å²) in [5.74, 6) is -0.628. The van der Waals surface area contributed by atoms with Crippen LogP contribution in [0.3, 0.4) is 0 Å². The van der Waals surface area contributed by atoms with Gasteiger partial charge in [0.15, 0.2) is 6.04 Å². The lowest BCUT2D eigenvalue weighted by atomic mass is 10.1. The molecule has 0 saturated carbocycles. The van der Waals surface area contributed by atoms with Crippen molar-refractivity contribution in [3.63, 3.8) is 0 Å². The number of halogens is 2. The van der Waals surface area contributed by atoms with Crippen LogP contribution in [0.25, 0.3) is 0 Å². The Bertz CT molecular complexity index is 648. The second kappa shape index (κ2) is 7.61. The highest BCUT2D eigenvalue weighted by atomic mass is 35.5. The standard InChI is InChI=1S/C15H19ClFN5O3/c16-11-2-1-3-12(17)10(11)9-20-4-6-21(7-5-20)15(23)14-13(22(24)25)8-18-19-14/h1-3,13-14,18-19H,4-9H2. The predicted octanol–water partition coefficient (Wildman–Crippen LogP) is 0.245. The van der Waals surface area contributed by atoms with Crippen molar-refractivity contribution in [2.24, 2.45) is 0 Å². The van der Waals surface area contributed by atoms with Crippen LogP contribution in [-0.2, 0) is 11.3 Å². The zero-order valence-electron chi connectivity index (χ0n) is 13.5. The zero-order chi connectivity index (χ0) is 18.0. The highest BCUT2D eigenvalue weighted by Crippen LogP contribution is 2.21. The van der Waals surface area contributed by atoms with Gasteiger partial charge in [-0.05, 0) is 12.1 Å². The number of nitro groups is 1. The zero-order valence-corrected chi connectivity index (χ0v) is 14.2. The maximum absolute atomic E-state index is 13.9. The Morgan fingerprint density at radius 1 is 1.36 bits per heavy atom. The van der Waals surface area contributed by atoms with Gasteiger partial charge in [-0.3, -0.25) is 19.8 Å². The maximum atomic E-state index is 13.9. The fourth-order valence-corrected chi connectivity index (χ4v) is 3.36. The summed E-state index contributed by atoms with van der Waals surface area (Å²) in [4.78, 5) is 26.7. The smallest absolute Gasteiger partial charge is 0.252 e. The molecule has 0 aliphatic carbocycles. The van der Waals surface area contributed by atoms with Crippen LogP contribution in [-0.4, -0.2) is 65.4 Å². The predicted molar refractivity (Wildman–Crippen MR) is 89.0 cm³/mol. The number of carbonyl (C=O) groups excluding carboxylic acids is 1. The van der Waals surface area contributed by atoms with Crippen molar-refractivity contribution in [1.82, 2.24) is 20.7 Å². The third-order valence-corrected chi connectivity index (χ3v) is 4.97. The average Bonchev–Trinajstić information content (AvgIpc) is 3.08. The summed E-state index contributed by atoms with van der Waals surface area (Å²) in [5, 5.41) is 11.4. The molecule has 2 N–H and O–H groups in total. The van der Waals surface area contributed by atoms with E-state index in [0.29, 0.717) is 43.3 Å². The van der Waals surface area contributed by atoms with E-state index in [9.17, 15) is 19.3 Å². The lowest BCUT2D eigenvalue weighted by Crippen LogP contribution is -2.56. The molecule has 8 nitrogen and oxygen atoms in total. The van der Waals surface area contributed by atoms with E-state index in [0.717, 1.165) is 0 Å². The number of rotatable bonds is 4. The third-order valence-electron chi connectivity index (χ3n) is 4.62. The summed E-state index contributed by atoms with van der Waals surface area (Å²) in [5.41, 5.74) is 5.80. The lowest BCUT2D eigenvalue weighted by Gasteiger charge is -2.36. The van der Waals surface area contributed by atoms with Crippen LogP contribution in [0.5, 0.6) is 0 Å². The van der Waals surface area contributed by atoms with Gasteiger partial charge in [-0.1, -0.05) is 17.7 Å². The van der Waals surface area contributed by atoms with Crippen LogP contribution < -0.4 is 10.9 Å². The molecule has 0 bridgehead atoms. The summed E-state index contributed by atoms with van der Waals surface area (Å²) < 4.78 is 13.9. The van der Waals surface area contributed by atoms with E-state index in [1.807, 2.05) is 4.90 Å². The molecule has 2 unspecified atom stereocenters.